The second-order valence-corrected chi connectivity index (χ2v) is 4.71. The van der Waals surface area contributed by atoms with Crippen molar-refractivity contribution in [3.8, 4) is 0 Å². The fourth-order valence-electron chi connectivity index (χ4n) is 1.62. The zero-order valence-corrected chi connectivity index (χ0v) is 12.3. The molecule has 10 nitrogen and oxygen atoms in total. The smallest absolute Gasteiger partial charge is 0.327 e. The van der Waals surface area contributed by atoms with Crippen molar-refractivity contribution in [3.05, 3.63) is 0 Å². The van der Waals surface area contributed by atoms with Crippen LogP contribution in [0.1, 0.15) is 19.3 Å². The molecule has 0 aromatic heterocycles. The molecule has 0 aliphatic rings. The summed E-state index contributed by atoms with van der Waals surface area (Å²) in [6.07, 6.45) is 0.187. The van der Waals surface area contributed by atoms with Gasteiger partial charge in [-0.05, 0) is 19.4 Å². The number of likely N-dealkylation sites (N-methyl/N-ethyl adjacent to an activating group) is 1. The number of rotatable bonds is 10. The van der Waals surface area contributed by atoms with E-state index in [1.165, 1.54) is 0 Å². The molecule has 0 fully saturated rings. The van der Waals surface area contributed by atoms with E-state index in [0.29, 0.717) is 19.4 Å². The summed E-state index contributed by atoms with van der Waals surface area (Å²) in [5.74, 6) is -4.07. The number of carbonyl (C=O) groups excluding carboxylic acids is 2. The van der Waals surface area contributed by atoms with Crippen LogP contribution in [0.3, 0.4) is 0 Å². The summed E-state index contributed by atoms with van der Waals surface area (Å²) in [7, 11) is 1.16. The predicted molar refractivity (Wildman–Crippen MR) is 75.7 cm³/mol. The quantitative estimate of drug-likeness (QED) is 0.295. The predicted octanol–water partition coefficient (Wildman–Crippen LogP) is -2.44. The Kier molecular flexibility index (Phi) is 8.72. The Balaban J connectivity index is 4.48. The topological polar surface area (TPSA) is 176 Å². The molecule has 0 aromatic rings. The van der Waals surface area contributed by atoms with Crippen LogP contribution in [-0.2, 0) is 19.2 Å². The van der Waals surface area contributed by atoms with Crippen LogP contribution in [0.5, 0.6) is 0 Å². The highest BCUT2D eigenvalue weighted by Gasteiger charge is 2.29. The van der Waals surface area contributed by atoms with Crippen LogP contribution in [0.15, 0.2) is 0 Å². The van der Waals surface area contributed by atoms with E-state index in [4.69, 9.17) is 21.7 Å². The lowest BCUT2D eigenvalue weighted by atomic mass is 10.1. The molecule has 0 saturated carbocycles. The second kappa shape index (κ2) is 9.68. The van der Waals surface area contributed by atoms with Crippen LogP contribution in [0.4, 0.5) is 0 Å². The average Bonchev–Trinajstić information content (AvgIpc) is 2.45. The molecule has 22 heavy (non-hydrogen) atoms. The number of carbonyl (C=O) groups is 4. The van der Waals surface area contributed by atoms with E-state index in [1.54, 1.807) is 0 Å². The van der Waals surface area contributed by atoms with E-state index in [2.05, 4.69) is 5.32 Å². The van der Waals surface area contributed by atoms with Gasteiger partial charge in [0.05, 0.1) is 19.0 Å². The highest BCUT2D eigenvalue weighted by atomic mass is 16.4. The van der Waals surface area contributed by atoms with Crippen molar-refractivity contribution in [3.63, 3.8) is 0 Å². The molecule has 126 valence electrons. The fraction of sp³-hybridized carbons (Fsp3) is 0.667. The van der Waals surface area contributed by atoms with Crippen LogP contribution in [0.25, 0.3) is 0 Å². The molecule has 0 aliphatic carbocycles. The first-order valence-corrected chi connectivity index (χ1v) is 6.64. The average molecular weight is 318 g/mol. The molecule has 0 radical (unpaired) electrons. The van der Waals surface area contributed by atoms with Gasteiger partial charge in [-0.15, -0.1) is 0 Å². The highest BCUT2D eigenvalue weighted by molar-refractivity contribution is 5.90. The van der Waals surface area contributed by atoms with E-state index in [-0.39, 0.29) is 0 Å². The van der Waals surface area contributed by atoms with Crippen molar-refractivity contribution in [2.24, 2.45) is 11.5 Å². The van der Waals surface area contributed by atoms with E-state index in [0.717, 1.165) is 11.9 Å². The van der Waals surface area contributed by atoms with Crippen LogP contribution in [0.2, 0.25) is 0 Å². The Labute approximate surface area is 127 Å². The first-order chi connectivity index (χ1) is 10.2. The third kappa shape index (κ3) is 6.99. The van der Waals surface area contributed by atoms with E-state index >= 15 is 0 Å². The van der Waals surface area contributed by atoms with Crippen molar-refractivity contribution in [1.82, 2.24) is 10.2 Å². The van der Waals surface area contributed by atoms with Crippen LogP contribution >= 0.6 is 0 Å². The molecule has 0 unspecified atom stereocenters. The van der Waals surface area contributed by atoms with Crippen LogP contribution < -0.4 is 16.8 Å². The Morgan fingerprint density at radius 2 is 1.82 bits per heavy atom. The number of nitrogens with one attached hydrogen (secondary N) is 1. The molecule has 0 bridgehead atoms. The molecule has 0 aliphatic heterocycles. The molecule has 7 N–H and O–H groups in total. The second-order valence-electron chi connectivity index (χ2n) is 4.71. The molecule has 0 heterocycles. The summed E-state index contributed by atoms with van der Waals surface area (Å²) in [5, 5.41) is 19.8. The maximum atomic E-state index is 11.8. The van der Waals surface area contributed by atoms with Gasteiger partial charge < -0.3 is 31.9 Å². The fourth-order valence-corrected chi connectivity index (χ4v) is 1.62. The van der Waals surface area contributed by atoms with Gasteiger partial charge in [0, 0.05) is 7.05 Å². The monoisotopic (exact) mass is 318 g/mol. The van der Waals surface area contributed by atoms with Gasteiger partial charge >= 0.3 is 11.9 Å². The Morgan fingerprint density at radius 1 is 1.23 bits per heavy atom. The van der Waals surface area contributed by atoms with Crippen molar-refractivity contribution < 1.29 is 29.4 Å². The van der Waals surface area contributed by atoms with Gasteiger partial charge in [0.1, 0.15) is 6.04 Å². The van der Waals surface area contributed by atoms with Crippen molar-refractivity contribution in [2.75, 3.05) is 20.1 Å². The number of hydrogen-bond donors (Lipinski definition) is 5. The van der Waals surface area contributed by atoms with Crippen molar-refractivity contribution in [2.45, 2.75) is 31.3 Å². The van der Waals surface area contributed by atoms with Gasteiger partial charge in [0.25, 0.3) is 0 Å². The summed E-state index contributed by atoms with van der Waals surface area (Å²) in [6.45, 7) is -0.0762. The summed E-state index contributed by atoms with van der Waals surface area (Å²) in [6, 6.07) is -2.32. The first-order valence-electron chi connectivity index (χ1n) is 6.64. The minimum atomic E-state index is -1.51. The number of amides is 2. The molecular formula is C12H22N4O6. The van der Waals surface area contributed by atoms with Crippen molar-refractivity contribution >= 4 is 23.8 Å². The zero-order valence-electron chi connectivity index (χ0n) is 12.3. The third-order valence-electron chi connectivity index (χ3n) is 2.98. The summed E-state index contributed by atoms with van der Waals surface area (Å²) in [5.41, 5.74) is 10.9. The van der Waals surface area contributed by atoms with Crippen LogP contribution in [-0.4, -0.2) is 71.1 Å². The molecule has 0 saturated heterocycles. The van der Waals surface area contributed by atoms with Gasteiger partial charge in [-0.3, -0.25) is 14.4 Å². The maximum Gasteiger partial charge on any atom is 0.327 e. The van der Waals surface area contributed by atoms with Gasteiger partial charge in [-0.1, -0.05) is 0 Å². The Morgan fingerprint density at radius 3 is 2.27 bits per heavy atom. The SMILES string of the molecule is CN(C(=O)CNC(=O)[C@@H](N)CCCN)[C@@H](CC(=O)O)C(=O)O. The molecule has 0 aromatic carbocycles. The number of nitrogens with zero attached hydrogens (tertiary/aromatic N) is 1. The maximum absolute atomic E-state index is 11.8. The normalized spacial score (nSPS) is 13.0. The van der Waals surface area contributed by atoms with E-state index in [1.807, 2.05) is 0 Å². The van der Waals surface area contributed by atoms with Gasteiger partial charge in [-0.25, -0.2) is 4.79 Å². The lowest BCUT2D eigenvalue weighted by Gasteiger charge is -2.24. The Hall–Kier alpha value is -2.20. The summed E-state index contributed by atoms with van der Waals surface area (Å²) >= 11 is 0. The standard InChI is InChI=1S/C12H22N4O6/c1-16(8(12(21)22)5-10(18)19)9(17)6-15-11(20)7(14)3-2-4-13/h7-8H,2-6,13-14H2,1H3,(H,15,20)(H,18,19)(H,21,22)/t7-,8-/m0/s1. The zero-order chi connectivity index (χ0) is 17.3. The number of aliphatic carboxylic acids is 2. The molecule has 0 rings (SSSR count). The van der Waals surface area contributed by atoms with Crippen molar-refractivity contribution in [1.29, 1.82) is 0 Å². The third-order valence-corrected chi connectivity index (χ3v) is 2.98. The number of nitrogens with two attached hydrogens (primary N) is 2. The first kappa shape index (κ1) is 19.8. The summed E-state index contributed by atoms with van der Waals surface area (Å²) < 4.78 is 0. The van der Waals surface area contributed by atoms with E-state index in [9.17, 15) is 19.2 Å². The lowest BCUT2D eigenvalue weighted by Crippen LogP contribution is -2.49. The largest absolute Gasteiger partial charge is 0.481 e. The van der Waals surface area contributed by atoms with Crippen LogP contribution in [0, 0.1) is 0 Å². The number of carboxylic acids is 2. The Bertz CT molecular complexity index is 428. The minimum Gasteiger partial charge on any atom is -0.481 e. The molecule has 10 heteroatoms. The number of hydrogen-bond acceptors (Lipinski definition) is 6. The molecular weight excluding hydrogens is 296 g/mol. The van der Waals surface area contributed by atoms with Gasteiger partial charge in [0.2, 0.25) is 11.8 Å². The minimum absolute atomic E-state index is 0.364. The highest BCUT2D eigenvalue weighted by Crippen LogP contribution is 2.03. The molecule has 2 amide bonds. The van der Waals surface area contributed by atoms with E-state index < -0.39 is 48.8 Å². The van der Waals surface area contributed by atoms with Gasteiger partial charge in [0.15, 0.2) is 0 Å². The van der Waals surface area contributed by atoms with Gasteiger partial charge in [-0.2, -0.15) is 0 Å². The molecule has 2 atom stereocenters. The summed E-state index contributed by atoms with van der Waals surface area (Å²) in [4.78, 5) is 45.7. The number of carboxylic acid groups (broad SMARTS) is 2. The lowest BCUT2D eigenvalue weighted by molar-refractivity contribution is -0.153. The molecule has 0 spiro atoms.